The van der Waals surface area contributed by atoms with Gasteiger partial charge in [0.05, 0.1) is 17.0 Å². The fourth-order valence-corrected chi connectivity index (χ4v) is 2.59. The summed E-state index contributed by atoms with van der Waals surface area (Å²) in [5.74, 6) is 0.448. The van der Waals surface area contributed by atoms with Gasteiger partial charge in [0.25, 0.3) is 0 Å². The van der Waals surface area contributed by atoms with Crippen molar-refractivity contribution >= 4 is 23.1 Å². The SMILES string of the molecule is CCCC(CCC)(C(=O)NCCOCC(C)C)C(N)=S. The maximum Gasteiger partial charge on any atom is 0.233 e. The first kappa shape index (κ1) is 19.3. The molecule has 0 spiro atoms. The molecule has 0 atom stereocenters. The lowest BCUT2D eigenvalue weighted by atomic mass is 9.78. The first-order valence-electron chi connectivity index (χ1n) is 7.56. The van der Waals surface area contributed by atoms with E-state index < -0.39 is 5.41 Å². The maximum atomic E-state index is 12.4. The Hall–Kier alpha value is -0.680. The highest BCUT2D eigenvalue weighted by Gasteiger charge is 2.39. The number of ether oxygens (including phenoxy) is 1. The molecule has 20 heavy (non-hydrogen) atoms. The van der Waals surface area contributed by atoms with Crippen molar-refractivity contribution in [3.63, 3.8) is 0 Å². The van der Waals surface area contributed by atoms with Crippen LogP contribution in [0.3, 0.4) is 0 Å². The third-order valence-corrected chi connectivity index (χ3v) is 3.63. The molecule has 0 aromatic heterocycles. The average Bonchev–Trinajstić information content (AvgIpc) is 2.36. The minimum Gasteiger partial charge on any atom is -0.392 e. The summed E-state index contributed by atoms with van der Waals surface area (Å²) in [6.45, 7) is 10.0. The van der Waals surface area contributed by atoms with Crippen LogP contribution in [0.1, 0.15) is 53.4 Å². The van der Waals surface area contributed by atoms with Gasteiger partial charge in [-0.1, -0.05) is 52.8 Å². The number of carbonyl (C=O) groups excluding carboxylic acids is 1. The lowest BCUT2D eigenvalue weighted by Gasteiger charge is -2.31. The topological polar surface area (TPSA) is 64.3 Å². The van der Waals surface area contributed by atoms with E-state index in [-0.39, 0.29) is 5.91 Å². The number of amides is 1. The number of thiocarbonyl (C=S) groups is 1. The molecule has 0 saturated heterocycles. The van der Waals surface area contributed by atoms with Crippen LogP contribution in [0.5, 0.6) is 0 Å². The van der Waals surface area contributed by atoms with Crippen molar-refractivity contribution in [2.75, 3.05) is 19.8 Å². The van der Waals surface area contributed by atoms with Crippen LogP contribution in [0, 0.1) is 11.3 Å². The van der Waals surface area contributed by atoms with Gasteiger partial charge in [-0.05, 0) is 18.8 Å². The van der Waals surface area contributed by atoms with Crippen LogP contribution in [-0.4, -0.2) is 30.7 Å². The Balaban J connectivity index is 4.44. The molecular formula is C15H30N2O2S. The molecule has 0 saturated carbocycles. The van der Waals surface area contributed by atoms with E-state index in [0.29, 0.717) is 43.5 Å². The fraction of sp³-hybridized carbons (Fsp3) is 0.867. The standard InChI is InChI=1S/C15H30N2O2S/c1-5-7-15(8-6-2,13(16)20)14(18)17-9-10-19-11-12(3)4/h12H,5-11H2,1-4H3,(H2,16,20)(H,17,18). The summed E-state index contributed by atoms with van der Waals surface area (Å²) in [7, 11) is 0. The number of carbonyl (C=O) groups is 1. The molecule has 1 amide bonds. The van der Waals surface area contributed by atoms with Crippen molar-refractivity contribution in [2.45, 2.75) is 53.4 Å². The molecule has 0 heterocycles. The smallest absolute Gasteiger partial charge is 0.233 e. The normalized spacial score (nSPS) is 11.7. The van der Waals surface area contributed by atoms with E-state index in [1.165, 1.54) is 0 Å². The zero-order valence-corrected chi connectivity index (χ0v) is 14.1. The summed E-state index contributed by atoms with van der Waals surface area (Å²) in [5, 5.41) is 2.92. The molecule has 0 aliphatic heterocycles. The van der Waals surface area contributed by atoms with Crippen molar-refractivity contribution in [1.82, 2.24) is 5.32 Å². The van der Waals surface area contributed by atoms with Crippen LogP contribution in [0.25, 0.3) is 0 Å². The molecule has 5 heteroatoms. The molecule has 3 N–H and O–H groups in total. The molecule has 4 nitrogen and oxygen atoms in total. The van der Waals surface area contributed by atoms with Crippen LogP contribution in [-0.2, 0) is 9.53 Å². The molecule has 0 rings (SSSR count). The molecule has 118 valence electrons. The molecule has 0 aromatic rings. The van der Waals surface area contributed by atoms with Crippen LogP contribution in [0.2, 0.25) is 0 Å². The molecule has 0 radical (unpaired) electrons. The van der Waals surface area contributed by atoms with E-state index in [4.69, 9.17) is 22.7 Å². The molecule has 0 aliphatic rings. The average molecular weight is 302 g/mol. The van der Waals surface area contributed by atoms with Gasteiger partial charge in [0.15, 0.2) is 0 Å². The Morgan fingerprint density at radius 1 is 1.30 bits per heavy atom. The van der Waals surface area contributed by atoms with Gasteiger partial charge in [0.2, 0.25) is 5.91 Å². The molecular weight excluding hydrogens is 272 g/mol. The van der Waals surface area contributed by atoms with Gasteiger partial charge in [-0.25, -0.2) is 0 Å². The second kappa shape index (κ2) is 10.1. The summed E-state index contributed by atoms with van der Waals surface area (Å²) in [5.41, 5.74) is 5.16. The minimum absolute atomic E-state index is 0.0538. The highest BCUT2D eigenvalue weighted by molar-refractivity contribution is 7.80. The summed E-state index contributed by atoms with van der Waals surface area (Å²) in [6, 6.07) is 0. The number of hydrogen-bond acceptors (Lipinski definition) is 3. The number of nitrogens with two attached hydrogens (primary N) is 1. The summed E-state index contributed by atoms with van der Waals surface area (Å²) >= 11 is 5.16. The van der Waals surface area contributed by atoms with E-state index in [1.54, 1.807) is 0 Å². The quantitative estimate of drug-likeness (QED) is 0.455. The van der Waals surface area contributed by atoms with Gasteiger partial charge in [-0.3, -0.25) is 4.79 Å². The second-order valence-corrected chi connectivity index (χ2v) is 6.11. The van der Waals surface area contributed by atoms with E-state index in [2.05, 4.69) is 19.2 Å². The highest BCUT2D eigenvalue weighted by Crippen LogP contribution is 2.30. The zero-order chi connectivity index (χ0) is 15.6. The zero-order valence-electron chi connectivity index (χ0n) is 13.3. The van der Waals surface area contributed by atoms with Crippen LogP contribution < -0.4 is 11.1 Å². The van der Waals surface area contributed by atoms with E-state index in [0.717, 1.165) is 12.8 Å². The predicted octanol–water partition coefficient (Wildman–Crippen LogP) is 2.65. The second-order valence-electron chi connectivity index (χ2n) is 5.67. The lowest BCUT2D eigenvalue weighted by molar-refractivity contribution is -0.128. The number of nitrogens with one attached hydrogen (secondary N) is 1. The molecule has 0 bridgehead atoms. The first-order chi connectivity index (χ1) is 9.40. The van der Waals surface area contributed by atoms with Crippen LogP contribution in [0.15, 0.2) is 0 Å². The van der Waals surface area contributed by atoms with Crippen molar-refractivity contribution in [3.8, 4) is 0 Å². The Bertz CT molecular complexity index is 300. The molecule has 0 fully saturated rings. The van der Waals surface area contributed by atoms with Gasteiger partial charge in [0, 0.05) is 13.2 Å². The van der Waals surface area contributed by atoms with Gasteiger partial charge in [0.1, 0.15) is 0 Å². The fourth-order valence-electron chi connectivity index (χ4n) is 2.29. The van der Waals surface area contributed by atoms with Gasteiger partial charge < -0.3 is 15.8 Å². The number of hydrogen-bond donors (Lipinski definition) is 2. The summed E-state index contributed by atoms with van der Waals surface area (Å²) < 4.78 is 5.46. The Kier molecular flexibility index (Phi) is 9.76. The van der Waals surface area contributed by atoms with Crippen molar-refractivity contribution in [2.24, 2.45) is 17.1 Å². The third-order valence-electron chi connectivity index (χ3n) is 3.24. The van der Waals surface area contributed by atoms with Gasteiger partial charge in [-0.2, -0.15) is 0 Å². The maximum absolute atomic E-state index is 12.4. The summed E-state index contributed by atoms with van der Waals surface area (Å²) in [6.07, 6.45) is 3.17. The van der Waals surface area contributed by atoms with Gasteiger partial charge >= 0.3 is 0 Å². The van der Waals surface area contributed by atoms with E-state index in [1.807, 2.05) is 13.8 Å². The monoisotopic (exact) mass is 302 g/mol. The van der Waals surface area contributed by atoms with Crippen LogP contribution in [0.4, 0.5) is 0 Å². The molecule has 0 unspecified atom stereocenters. The Morgan fingerprint density at radius 2 is 1.85 bits per heavy atom. The van der Waals surface area contributed by atoms with Crippen molar-refractivity contribution < 1.29 is 9.53 Å². The number of rotatable bonds is 11. The minimum atomic E-state index is -0.698. The van der Waals surface area contributed by atoms with Crippen molar-refractivity contribution in [3.05, 3.63) is 0 Å². The Morgan fingerprint density at radius 3 is 2.25 bits per heavy atom. The summed E-state index contributed by atoms with van der Waals surface area (Å²) in [4.78, 5) is 12.8. The van der Waals surface area contributed by atoms with Crippen molar-refractivity contribution in [1.29, 1.82) is 0 Å². The first-order valence-corrected chi connectivity index (χ1v) is 7.97. The van der Waals surface area contributed by atoms with E-state index >= 15 is 0 Å². The third kappa shape index (κ3) is 6.18. The molecule has 0 aliphatic carbocycles. The lowest BCUT2D eigenvalue weighted by Crippen LogP contribution is -2.49. The highest BCUT2D eigenvalue weighted by atomic mass is 32.1. The Labute approximate surface area is 128 Å². The van der Waals surface area contributed by atoms with Crippen LogP contribution >= 0.6 is 12.2 Å². The molecule has 0 aromatic carbocycles. The largest absolute Gasteiger partial charge is 0.392 e. The van der Waals surface area contributed by atoms with Gasteiger partial charge in [-0.15, -0.1) is 0 Å². The van der Waals surface area contributed by atoms with E-state index in [9.17, 15) is 4.79 Å². The predicted molar refractivity (Wildman–Crippen MR) is 87.7 cm³/mol.